The molecule has 0 aliphatic rings. The number of rotatable bonds is 1. The van der Waals surface area contributed by atoms with Gasteiger partial charge < -0.3 is 4.90 Å². The van der Waals surface area contributed by atoms with E-state index >= 15 is 0 Å². The first-order chi connectivity index (χ1) is 7.23. The van der Waals surface area contributed by atoms with Crippen LogP contribution in [0.5, 0.6) is 0 Å². The van der Waals surface area contributed by atoms with Crippen molar-refractivity contribution in [1.82, 2.24) is 0 Å². The van der Waals surface area contributed by atoms with Gasteiger partial charge in [-0.05, 0) is 12.1 Å². The highest BCUT2D eigenvalue weighted by atomic mass is 19.4. The van der Waals surface area contributed by atoms with Crippen LogP contribution < -0.4 is 4.90 Å². The second-order valence-electron chi connectivity index (χ2n) is 2.96. The molecule has 7 heteroatoms. The molecule has 2 nitrogen and oxygen atoms in total. The van der Waals surface area contributed by atoms with Crippen LogP contribution in [0, 0.1) is 11.6 Å². The van der Waals surface area contributed by atoms with E-state index in [1.165, 1.54) is 0 Å². The quantitative estimate of drug-likeness (QED) is 0.689. The summed E-state index contributed by atoms with van der Waals surface area (Å²) in [4.78, 5) is 10.9. The van der Waals surface area contributed by atoms with Crippen LogP contribution in [-0.4, -0.2) is 19.1 Å². The maximum absolute atomic E-state index is 12.7. The Labute approximate surface area is 87.3 Å². The van der Waals surface area contributed by atoms with Crippen molar-refractivity contribution in [2.45, 2.75) is 6.18 Å². The molecule has 0 aromatic heterocycles. The summed E-state index contributed by atoms with van der Waals surface area (Å²) in [5.41, 5.74) is -0.374. The minimum atomic E-state index is -5.06. The molecule has 0 spiro atoms. The molecule has 0 unspecified atom stereocenters. The largest absolute Gasteiger partial charge is 0.471 e. The lowest BCUT2D eigenvalue weighted by Gasteiger charge is -2.18. The highest BCUT2D eigenvalue weighted by Gasteiger charge is 2.41. The molecular weight excluding hydrogens is 233 g/mol. The van der Waals surface area contributed by atoms with Crippen molar-refractivity contribution in [3.8, 4) is 0 Å². The van der Waals surface area contributed by atoms with E-state index in [0.29, 0.717) is 12.1 Å². The van der Waals surface area contributed by atoms with E-state index in [4.69, 9.17) is 0 Å². The van der Waals surface area contributed by atoms with E-state index in [9.17, 15) is 26.7 Å². The topological polar surface area (TPSA) is 20.3 Å². The molecule has 0 atom stereocenters. The third-order valence-corrected chi connectivity index (χ3v) is 1.84. The molecule has 1 aromatic rings. The van der Waals surface area contributed by atoms with Crippen molar-refractivity contribution in [3.63, 3.8) is 0 Å². The zero-order valence-electron chi connectivity index (χ0n) is 7.98. The third kappa shape index (κ3) is 2.47. The Bertz CT molecular complexity index is 415. The van der Waals surface area contributed by atoms with Gasteiger partial charge in [0.05, 0.1) is 0 Å². The van der Waals surface area contributed by atoms with Gasteiger partial charge in [0.2, 0.25) is 0 Å². The Balaban J connectivity index is 3.01. The van der Waals surface area contributed by atoms with Crippen molar-refractivity contribution in [1.29, 1.82) is 0 Å². The van der Waals surface area contributed by atoms with Crippen LogP contribution in [0.2, 0.25) is 0 Å². The molecule has 0 saturated heterocycles. The van der Waals surface area contributed by atoms with Crippen molar-refractivity contribution >= 4 is 11.6 Å². The van der Waals surface area contributed by atoms with Gasteiger partial charge in [0.1, 0.15) is 0 Å². The molecule has 0 heterocycles. The summed E-state index contributed by atoms with van der Waals surface area (Å²) < 4.78 is 61.2. The van der Waals surface area contributed by atoms with E-state index < -0.39 is 23.7 Å². The van der Waals surface area contributed by atoms with Gasteiger partial charge >= 0.3 is 12.1 Å². The maximum Gasteiger partial charge on any atom is 0.471 e. The lowest BCUT2D eigenvalue weighted by atomic mass is 10.2. The fraction of sp³-hybridized carbons (Fsp3) is 0.222. The molecule has 1 aromatic carbocycles. The summed E-state index contributed by atoms with van der Waals surface area (Å²) in [6.45, 7) is 0. The van der Waals surface area contributed by atoms with Gasteiger partial charge in [-0.1, -0.05) is 0 Å². The highest BCUT2D eigenvalue weighted by Crippen LogP contribution is 2.23. The van der Waals surface area contributed by atoms with Crippen LogP contribution in [0.25, 0.3) is 0 Å². The smallest absolute Gasteiger partial charge is 0.308 e. The predicted molar refractivity (Wildman–Crippen MR) is 45.8 cm³/mol. The molecule has 88 valence electrons. The molecule has 1 amide bonds. The molecule has 0 fully saturated rings. The van der Waals surface area contributed by atoms with E-state index in [1.807, 2.05) is 0 Å². The molecule has 0 saturated carbocycles. The summed E-state index contributed by atoms with van der Waals surface area (Å²) in [6.07, 6.45) is -5.06. The van der Waals surface area contributed by atoms with Crippen LogP contribution >= 0.6 is 0 Å². The molecule has 0 aliphatic carbocycles. The van der Waals surface area contributed by atoms with Crippen molar-refractivity contribution in [2.24, 2.45) is 0 Å². The van der Waals surface area contributed by atoms with Crippen LogP contribution in [0.15, 0.2) is 18.2 Å². The molecule has 0 N–H and O–H groups in total. The van der Waals surface area contributed by atoms with Gasteiger partial charge in [0, 0.05) is 18.8 Å². The molecule has 1 rings (SSSR count). The minimum absolute atomic E-state index is 0.197. The number of benzene rings is 1. The zero-order valence-corrected chi connectivity index (χ0v) is 7.98. The Kier molecular flexibility index (Phi) is 3.16. The van der Waals surface area contributed by atoms with Gasteiger partial charge in [-0.2, -0.15) is 13.2 Å². The standard InChI is InChI=1S/C9H6F5NO/c1-15(8(16)9(12,13)14)5-2-3-6(10)7(11)4-5/h2-4H,1H3. The lowest BCUT2D eigenvalue weighted by Crippen LogP contribution is -2.38. The van der Waals surface area contributed by atoms with Crippen LogP contribution in [0.1, 0.15) is 0 Å². The highest BCUT2D eigenvalue weighted by molar-refractivity contribution is 5.96. The van der Waals surface area contributed by atoms with E-state index in [-0.39, 0.29) is 10.6 Å². The number of anilines is 1. The fourth-order valence-corrected chi connectivity index (χ4v) is 1.00. The van der Waals surface area contributed by atoms with Gasteiger partial charge in [-0.3, -0.25) is 4.79 Å². The molecule has 0 bridgehead atoms. The Morgan fingerprint density at radius 2 is 1.75 bits per heavy atom. The predicted octanol–water partition coefficient (Wildman–Crippen LogP) is 2.49. The lowest BCUT2D eigenvalue weighted by molar-refractivity contribution is -0.170. The number of amides is 1. The summed E-state index contributed by atoms with van der Waals surface area (Å²) >= 11 is 0. The van der Waals surface area contributed by atoms with Crippen LogP contribution in [-0.2, 0) is 4.79 Å². The normalized spacial score (nSPS) is 11.4. The average molecular weight is 239 g/mol. The van der Waals surface area contributed by atoms with Crippen molar-refractivity contribution in [3.05, 3.63) is 29.8 Å². The summed E-state index contributed by atoms with van der Waals surface area (Å²) in [6, 6.07) is 2.03. The number of nitrogens with zero attached hydrogens (tertiary/aromatic N) is 1. The monoisotopic (exact) mass is 239 g/mol. The first kappa shape index (κ1) is 12.4. The number of halogens is 5. The third-order valence-electron chi connectivity index (χ3n) is 1.84. The van der Waals surface area contributed by atoms with Crippen LogP contribution in [0.3, 0.4) is 0 Å². The first-order valence-corrected chi connectivity index (χ1v) is 4.03. The van der Waals surface area contributed by atoms with Gasteiger partial charge in [-0.25, -0.2) is 8.78 Å². The zero-order chi connectivity index (χ0) is 12.5. The minimum Gasteiger partial charge on any atom is -0.308 e. The number of carbonyl (C=O) groups excluding carboxylic acids is 1. The summed E-state index contributed by atoms with van der Waals surface area (Å²) in [7, 11) is 0.822. The van der Waals surface area contributed by atoms with E-state index in [0.717, 1.165) is 13.1 Å². The number of alkyl halides is 3. The number of carbonyl (C=O) groups is 1. The maximum atomic E-state index is 12.7. The van der Waals surface area contributed by atoms with Crippen LogP contribution in [0.4, 0.5) is 27.6 Å². The molecule has 0 radical (unpaired) electrons. The fourth-order valence-electron chi connectivity index (χ4n) is 1.00. The number of hydrogen-bond acceptors (Lipinski definition) is 1. The van der Waals surface area contributed by atoms with Gasteiger partial charge in [-0.15, -0.1) is 0 Å². The average Bonchev–Trinajstić information content (AvgIpc) is 2.18. The number of hydrogen-bond donors (Lipinski definition) is 0. The van der Waals surface area contributed by atoms with Crippen molar-refractivity contribution in [2.75, 3.05) is 11.9 Å². The molecule has 0 aliphatic heterocycles. The summed E-state index contributed by atoms with van der Waals surface area (Å²) in [5, 5.41) is 0. The van der Waals surface area contributed by atoms with Gasteiger partial charge in [0.25, 0.3) is 0 Å². The SMILES string of the molecule is CN(C(=O)C(F)(F)F)c1ccc(F)c(F)c1. The Morgan fingerprint density at radius 3 is 2.19 bits per heavy atom. The summed E-state index contributed by atoms with van der Waals surface area (Å²) in [5.74, 6) is -4.67. The second kappa shape index (κ2) is 4.07. The molecular formula is C9H6F5NO. The van der Waals surface area contributed by atoms with E-state index in [1.54, 1.807) is 0 Å². The van der Waals surface area contributed by atoms with Crippen molar-refractivity contribution < 1.29 is 26.7 Å². The first-order valence-electron chi connectivity index (χ1n) is 4.03. The second-order valence-corrected chi connectivity index (χ2v) is 2.96. The Morgan fingerprint density at radius 1 is 1.19 bits per heavy atom. The van der Waals surface area contributed by atoms with E-state index in [2.05, 4.69) is 0 Å². The Hall–Kier alpha value is -1.66. The molecule has 16 heavy (non-hydrogen) atoms. The van der Waals surface area contributed by atoms with Gasteiger partial charge in [0.15, 0.2) is 11.6 Å².